The van der Waals surface area contributed by atoms with Gasteiger partial charge in [0.15, 0.2) is 17.3 Å². The molecule has 0 fully saturated rings. The number of furan rings is 1. The van der Waals surface area contributed by atoms with Crippen molar-refractivity contribution in [1.29, 1.82) is 0 Å². The van der Waals surface area contributed by atoms with Gasteiger partial charge >= 0.3 is 0 Å². The number of aromatic nitrogens is 1. The third kappa shape index (κ3) is 3.47. The van der Waals surface area contributed by atoms with Crippen molar-refractivity contribution in [3.05, 3.63) is 66.1 Å². The molecule has 0 unspecified atom stereocenters. The fourth-order valence-electron chi connectivity index (χ4n) is 2.55. The highest BCUT2D eigenvalue weighted by molar-refractivity contribution is 5.97. The molecule has 0 atom stereocenters. The van der Waals surface area contributed by atoms with Gasteiger partial charge in [-0.3, -0.25) is 9.78 Å². The first-order valence-electron chi connectivity index (χ1n) is 7.71. The van der Waals surface area contributed by atoms with Gasteiger partial charge in [0.1, 0.15) is 5.69 Å². The Morgan fingerprint density at radius 3 is 2.72 bits per heavy atom. The lowest BCUT2D eigenvalue weighted by Crippen LogP contribution is -2.24. The number of pyridine rings is 1. The number of nitrogens with one attached hydrogen (secondary N) is 1. The summed E-state index contributed by atoms with van der Waals surface area (Å²) >= 11 is 0. The predicted molar refractivity (Wildman–Crippen MR) is 92.7 cm³/mol. The van der Waals surface area contributed by atoms with E-state index in [1.54, 1.807) is 36.7 Å². The Kier molecular flexibility index (Phi) is 4.99. The number of ether oxygens (including phenoxy) is 2. The molecule has 1 N–H and O–H groups in total. The summed E-state index contributed by atoms with van der Waals surface area (Å²) in [6.07, 6.45) is 3.28. The molecule has 3 rings (SSSR count). The molecule has 0 radical (unpaired) electrons. The molecule has 25 heavy (non-hydrogen) atoms. The first kappa shape index (κ1) is 16.6. The van der Waals surface area contributed by atoms with E-state index in [-0.39, 0.29) is 5.91 Å². The summed E-state index contributed by atoms with van der Waals surface area (Å²) in [5.74, 6) is 1.31. The fraction of sp³-hybridized carbons (Fsp3) is 0.158. The zero-order chi connectivity index (χ0) is 17.6. The SMILES string of the molecule is COc1cccc(C(=O)NCc2cccnc2-c2ccco2)c1OC. The molecule has 0 saturated carbocycles. The smallest absolute Gasteiger partial charge is 0.255 e. The van der Waals surface area contributed by atoms with Crippen LogP contribution < -0.4 is 14.8 Å². The zero-order valence-corrected chi connectivity index (χ0v) is 14.0. The molecular weight excluding hydrogens is 320 g/mol. The molecule has 0 aliphatic heterocycles. The van der Waals surface area contributed by atoms with Crippen molar-refractivity contribution < 1.29 is 18.7 Å². The maximum atomic E-state index is 12.6. The van der Waals surface area contributed by atoms with Gasteiger partial charge in [-0.25, -0.2) is 0 Å². The van der Waals surface area contributed by atoms with Gasteiger partial charge in [0, 0.05) is 18.3 Å². The zero-order valence-electron chi connectivity index (χ0n) is 14.0. The normalized spacial score (nSPS) is 10.3. The largest absolute Gasteiger partial charge is 0.493 e. The standard InChI is InChI=1S/C19H18N2O4/c1-23-16-8-3-7-14(18(16)24-2)19(22)21-12-13-6-4-10-20-17(13)15-9-5-11-25-15/h3-11H,12H2,1-2H3,(H,21,22). The van der Waals surface area contributed by atoms with Crippen LogP contribution in [0.15, 0.2) is 59.3 Å². The second-order valence-electron chi connectivity index (χ2n) is 5.21. The van der Waals surface area contributed by atoms with Crippen molar-refractivity contribution in [2.24, 2.45) is 0 Å². The van der Waals surface area contributed by atoms with Crippen molar-refractivity contribution in [1.82, 2.24) is 10.3 Å². The Labute approximate surface area is 145 Å². The lowest BCUT2D eigenvalue weighted by Gasteiger charge is -2.13. The molecule has 1 amide bonds. The molecule has 6 nitrogen and oxygen atoms in total. The Morgan fingerprint density at radius 1 is 1.12 bits per heavy atom. The molecular formula is C19H18N2O4. The molecule has 1 aromatic carbocycles. The average Bonchev–Trinajstić information content (AvgIpc) is 3.20. The van der Waals surface area contributed by atoms with E-state index in [2.05, 4.69) is 10.3 Å². The number of hydrogen-bond donors (Lipinski definition) is 1. The number of amides is 1. The van der Waals surface area contributed by atoms with E-state index in [1.807, 2.05) is 18.2 Å². The van der Waals surface area contributed by atoms with Crippen LogP contribution in [0, 0.1) is 0 Å². The number of hydrogen-bond acceptors (Lipinski definition) is 5. The van der Waals surface area contributed by atoms with Crippen molar-refractivity contribution in [3.63, 3.8) is 0 Å². The van der Waals surface area contributed by atoms with Gasteiger partial charge in [-0.15, -0.1) is 0 Å². The van der Waals surface area contributed by atoms with Crippen molar-refractivity contribution in [2.75, 3.05) is 14.2 Å². The minimum Gasteiger partial charge on any atom is -0.493 e. The van der Waals surface area contributed by atoms with Gasteiger partial charge < -0.3 is 19.2 Å². The Morgan fingerprint density at radius 2 is 2.00 bits per heavy atom. The molecule has 0 spiro atoms. The van der Waals surface area contributed by atoms with Crippen LogP contribution in [0.4, 0.5) is 0 Å². The van der Waals surface area contributed by atoms with Crippen molar-refractivity contribution in [2.45, 2.75) is 6.54 Å². The minimum absolute atomic E-state index is 0.259. The summed E-state index contributed by atoms with van der Waals surface area (Å²) in [4.78, 5) is 16.9. The predicted octanol–water partition coefficient (Wildman–Crippen LogP) is 3.29. The number of para-hydroxylation sites is 1. The second kappa shape index (κ2) is 7.53. The van der Waals surface area contributed by atoms with Crippen LogP contribution in [-0.4, -0.2) is 25.1 Å². The first-order chi connectivity index (χ1) is 12.2. The van der Waals surface area contributed by atoms with Crippen LogP contribution >= 0.6 is 0 Å². The van der Waals surface area contributed by atoms with Crippen LogP contribution in [0.25, 0.3) is 11.5 Å². The highest BCUT2D eigenvalue weighted by atomic mass is 16.5. The van der Waals surface area contributed by atoms with Crippen LogP contribution in [0.5, 0.6) is 11.5 Å². The third-order valence-corrected chi connectivity index (χ3v) is 3.73. The lowest BCUT2D eigenvalue weighted by molar-refractivity contribution is 0.0947. The van der Waals surface area contributed by atoms with Crippen LogP contribution in [0.1, 0.15) is 15.9 Å². The van der Waals surface area contributed by atoms with E-state index in [9.17, 15) is 4.79 Å². The molecule has 2 heterocycles. The number of nitrogens with zero attached hydrogens (tertiary/aromatic N) is 1. The van der Waals surface area contributed by atoms with Crippen molar-refractivity contribution >= 4 is 5.91 Å². The van der Waals surface area contributed by atoms with Crippen LogP contribution in [-0.2, 0) is 6.54 Å². The summed E-state index contributed by atoms with van der Waals surface area (Å²) in [5.41, 5.74) is 1.96. The maximum absolute atomic E-state index is 12.6. The number of benzene rings is 1. The third-order valence-electron chi connectivity index (χ3n) is 3.73. The van der Waals surface area contributed by atoms with Crippen LogP contribution in [0.2, 0.25) is 0 Å². The molecule has 0 bridgehead atoms. The van der Waals surface area contributed by atoms with E-state index >= 15 is 0 Å². The second-order valence-corrected chi connectivity index (χ2v) is 5.21. The van der Waals surface area contributed by atoms with E-state index < -0.39 is 0 Å². The number of methoxy groups -OCH3 is 2. The quantitative estimate of drug-likeness (QED) is 0.746. The summed E-state index contributed by atoms with van der Waals surface area (Å²) in [5, 5.41) is 2.89. The summed E-state index contributed by atoms with van der Waals surface area (Å²) < 4.78 is 15.9. The summed E-state index contributed by atoms with van der Waals surface area (Å²) in [6, 6.07) is 12.5. The maximum Gasteiger partial charge on any atom is 0.255 e. The average molecular weight is 338 g/mol. The molecule has 0 aliphatic carbocycles. The molecule has 0 aliphatic rings. The van der Waals surface area contributed by atoms with Crippen molar-refractivity contribution in [3.8, 4) is 23.0 Å². The molecule has 0 saturated heterocycles. The Hall–Kier alpha value is -3.28. The molecule has 6 heteroatoms. The summed E-state index contributed by atoms with van der Waals surface area (Å²) in [6.45, 7) is 0.309. The van der Waals surface area contributed by atoms with Gasteiger partial charge in [0.2, 0.25) is 0 Å². The first-order valence-corrected chi connectivity index (χ1v) is 7.71. The Balaban J connectivity index is 1.80. The van der Waals surface area contributed by atoms with E-state index in [1.165, 1.54) is 14.2 Å². The highest BCUT2D eigenvalue weighted by Crippen LogP contribution is 2.30. The summed E-state index contributed by atoms with van der Waals surface area (Å²) in [7, 11) is 3.04. The monoisotopic (exact) mass is 338 g/mol. The van der Waals surface area contributed by atoms with Gasteiger partial charge in [-0.05, 0) is 30.3 Å². The number of carbonyl (C=O) groups excluding carboxylic acids is 1. The number of rotatable bonds is 6. The minimum atomic E-state index is -0.259. The van der Waals surface area contributed by atoms with Gasteiger partial charge in [0.05, 0.1) is 26.0 Å². The van der Waals surface area contributed by atoms with Gasteiger partial charge in [-0.2, -0.15) is 0 Å². The van der Waals surface area contributed by atoms with E-state index in [4.69, 9.17) is 13.9 Å². The molecule has 128 valence electrons. The van der Waals surface area contributed by atoms with E-state index in [0.29, 0.717) is 35.1 Å². The number of carbonyl (C=O) groups is 1. The molecule has 2 aromatic heterocycles. The highest BCUT2D eigenvalue weighted by Gasteiger charge is 2.17. The Bertz CT molecular complexity index is 860. The van der Waals surface area contributed by atoms with Gasteiger partial charge in [-0.1, -0.05) is 12.1 Å². The van der Waals surface area contributed by atoms with E-state index in [0.717, 1.165) is 5.56 Å². The fourth-order valence-corrected chi connectivity index (χ4v) is 2.55. The van der Waals surface area contributed by atoms with Gasteiger partial charge in [0.25, 0.3) is 5.91 Å². The van der Waals surface area contributed by atoms with Crippen LogP contribution in [0.3, 0.4) is 0 Å². The molecule has 3 aromatic rings. The topological polar surface area (TPSA) is 73.6 Å². The lowest BCUT2D eigenvalue weighted by atomic mass is 10.1.